The highest BCUT2D eigenvalue weighted by Gasteiger charge is 2.38. The van der Waals surface area contributed by atoms with Crippen LogP contribution in [-0.4, -0.2) is 44.0 Å². The number of carbonyl (C=O) groups is 1. The highest BCUT2D eigenvalue weighted by atomic mass is 79.9. The molecule has 1 aliphatic heterocycles. The molecule has 0 unspecified atom stereocenters. The summed E-state index contributed by atoms with van der Waals surface area (Å²) in [7, 11) is -3.86. The van der Waals surface area contributed by atoms with Gasteiger partial charge >= 0.3 is 0 Å². The molecule has 4 nitrogen and oxygen atoms in total. The highest BCUT2D eigenvalue weighted by Crippen LogP contribution is 2.27. The Kier molecular flexibility index (Phi) is 4.67. The molecular weight excluding hydrogens is 368 g/mol. The van der Waals surface area contributed by atoms with Gasteiger partial charge in [0.2, 0.25) is 5.91 Å². The zero-order valence-corrected chi connectivity index (χ0v) is 13.5. The lowest BCUT2D eigenvalue weighted by molar-refractivity contribution is -0.138. The Morgan fingerprint density at radius 1 is 1.33 bits per heavy atom. The molecule has 0 N–H and O–H groups in total. The van der Waals surface area contributed by atoms with Crippen molar-refractivity contribution in [2.24, 2.45) is 0 Å². The molecule has 0 spiro atoms. The third-order valence-corrected chi connectivity index (χ3v) is 5.84. The molecule has 116 valence electrons. The van der Waals surface area contributed by atoms with Crippen molar-refractivity contribution in [1.82, 2.24) is 4.90 Å². The van der Waals surface area contributed by atoms with Gasteiger partial charge in [0.05, 0.1) is 11.4 Å². The van der Waals surface area contributed by atoms with Crippen LogP contribution in [0.15, 0.2) is 33.6 Å². The van der Waals surface area contributed by atoms with Crippen LogP contribution in [-0.2, 0) is 14.6 Å². The number of hydrogen-bond acceptors (Lipinski definition) is 3. The minimum atomic E-state index is -3.86. The zero-order valence-electron chi connectivity index (χ0n) is 11.1. The topological polar surface area (TPSA) is 54.5 Å². The van der Waals surface area contributed by atoms with Crippen molar-refractivity contribution in [2.75, 3.05) is 18.8 Å². The lowest BCUT2D eigenvalue weighted by atomic mass is 10.1. The quantitative estimate of drug-likeness (QED) is 0.807. The molecule has 0 aromatic heterocycles. The SMILES string of the molecule is O=C(CS(=O)(=O)c1ccccc1Br)N1CCCC(F)(F)C1. The van der Waals surface area contributed by atoms with Gasteiger partial charge in [-0.05, 0) is 34.5 Å². The molecule has 1 aliphatic rings. The summed E-state index contributed by atoms with van der Waals surface area (Å²) in [6, 6.07) is 6.11. The number of amides is 1. The van der Waals surface area contributed by atoms with E-state index in [2.05, 4.69) is 15.9 Å². The Hall–Kier alpha value is -1.02. The third-order valence-electron chi connectivity index (χ3n) is 3.23. The number of piperidine rings is 1. The molecule has 1 aromatic rings. The fourth-order valence-corrected chi connectivity index (χ4v) is 4.55. The predicted molar refractivity (Wildman–Crippen MR) is 77.0 cm³/mol. The van der Waals surface area contributed by atoms with Crippen LogP contribution in [0.25, 0.3) is 0 Å². The van der Waals surface area contributed by atoms with Gasteiger partial charge in [-0.25, -0.2) is 17.2 Å². The van der Waals surface area contributed by atoms with Crippen molar-refractivity contribution in [3.8, 4) is 0 Å². The van der Waals surface area contributed by atoms with Crippen molar-refractivity contribution >= 4 is 31.7 Å². The van der Waals surface area contributed by atoms with E-state index < -0.39 is 34.0 Å². The average Bonchev–Trinajstić information content (AvgIpc) is 2.37. The van der Waals surface area contributed by atoms with Crippen molar-refractivity contribution < 1.29 is 22.0 Å². The average molecular weight is 382 g/mol. The first-order valence-corrected chi connectivity index (χ1v) is 8.79. The number of alkyl halides is 2. The maximum Gasteiger partial charge on any atom is 0.265 e. The molecule has 1 aromatic carbocycles. The number of carbonyl (C=O) groups excluding carboxylic acids is 1. The molecule has 0 bridgehead atoms. The molecule has 0 atom stereocenters. The summed E-state index contributed by atoms with van der Waals surface area (Å²) in [4.78, 5) is 12.9. The van der Waals surface area contributed by atoms with Gasteiger partial charge in [-0.1, -0.05) is 12.1 Å². The van der Waals surface area contributed by atoms with E-state index in [1.165, 1.54) is 12.1 Å². The van der Waals surface area contributed by atoms with Crippen molar-refractivity contribution in [3.63, 3.8) is 0 Å². The number of nitrogens with zero attached hydrogens (tertiary/aromatic N) is 1. The fourth-order valence-electron chi connectivity index (χ4n) is 2.21. The monoisotopic (exact) mass is 381 g/mol. The Morgan fingerprint density at radius 3 is 2.62 bits per heavy atom. The maximum atomic E-state index is 13.3. The van der Waals surface area contributed by atoms with Crippen LogP contribution in [0.2, 0.25) is 0 Å². The summed E-state index contributed by atoms with van der Waals surface area (Å²) in [5, 5.41) is 0. The van der Waals surface area contributed by atoms with Gasteiger partial charge in [-0.2, -0.15) is 0 Å². The van der Waals surface area contributed by atoms with Gasteiger partial charge in [-0.15, -0.1) is 0 Å². The normalized spacial score (nSPS) is 18.5. The number of halogens is 3. The maximum absolute atomic E-state index is 13.3. The molecule has 0 saturated carbocycles. The lowest BCUT2D eigenvalue weighted by Gasteiger charge is -2.32. The van der Waals surface area contributed by atoms with Crippen LogP contribution in [0.5, 0.6) is 0 Å². The van der Waals surface area contributed by atoms with Gasteiger partial charge in [-0.3, -0.25) is 4.79 Å². The van der Waals surface area contributed by atoms with Gasteiger partial charge < -0.3 is 4.90 Å². The minimum absolute atomic E-state index is 0.0119. The number of rotatable bonds is 3. The minimum Gasteiger partial charge on any atom is -0.336 e. The van der Waals surface area contributed by atoms with Gasteiger partial charge in [0.25, 0.3) is 5.92 Å². The van der Waals surface area contributed by atoms with E-state index in [0.717, 1.165) is 4.90 Å². The van der Waals surface area contributed by atoms with E-state index in [9.17, 15) is 22.0 Å². The van der Waals surface area contributed by atoms with Crippen LogP contribution in [0, 0.1) is 0 Å². The van der Waals surface area contributed by atoms with E-state index >= 15 is 0 Å². The van der Waals surface area contributed by atoms with Crippen LogP contribution in [0.3, 0.4) is 0 Å². The summed E-state index contributed by atoms with van der Waals surface area (Å²) in [6.45, 7) is -0.544. The van der Waals surface area contributed by atoms with E-state index in [4.69, 9.17) is 0 Å². The predicted octanol–water partition coefficient (Wildman–Crippen LogP) is 2.48. The van der Waals surface area contributed by atoms with Crippen molar-refractivity contribution in [2.45, 2.75) is 23.7 Å². The van der Waals surface area contributed by atoms with Crippen LogP contribution in [0.1, 0.15) is 12.8 Å². The second kappa shape index (κ2) is 6.00. The van der Waals surface area contributed by atoms with Crippen molar-refractivity contribution in [3.05, 3.63) is 28.7 Å². The number of likely N-dealkylation sites (tertiary alicyclic amines) is 1. The largest absolute Gasteiger partial charge is 0.336 e. The van der Waals surface area contributed by atoms with Gasteiger partial charge in [0.15, 0.2) is 9.84 Å². The van der Waals surface area contributed by atoms with Crippen molar-refractivity contribution in [1.29, 1.82) is 0 Å². The summed E-state index contributed by atoms with van der Waals surface area (Å²) < 4.78 is 51.3. The Balaban J connectivity index is 2.14. The molecule has 1 fully saturated rings. The second-order valence-corrected chi connectivity index (χ2v) is 7.78. The molecule has 0 aliphatic carbocycles. The third kappa shape index (κ3) is 4.00. The van der Waals surface area contributed by atoms with Crippen LogP contribution in [0.4, 0.5) is 8.78 Å². The first-order chi connectivity index (χ1) is 9.71. The Morgan fingerprint density at radius 2 is 2.00 bits per heavy atom. The zero-order chi connectivity index (χ0) is 15.7. The molecule has 1 heterocycles. The summed E-state index contributed by atoms with van der Waals surface area (Å²) in [5.41, 5.74) is 0. The molecule has 2 rings (SSSR count). The van der Waals surface area contributed by atoms with Crippen LogP contribution < -0.4 is 0 Å². The van der Waals surface area contributed by atoms with E-state index in [1.54, 1.807) is 12.1 Å². The number of hydrogen-bond donors (Lipinski definition) is 0. The first-order valence-electron chi connectivity index (χ1n) is 6.34. The van der Waals surface area contributed by atoms with Crippen LogP contribution >= 0.6 is 15.9 Å². The Labute approximate surface area is 130 Å². The second-order valence-electron chi connectivity index (χ2n) is 4.96. The van der Waals surface area contributed by atoms with Gasteiger partial charge in [0, 0.05) is 17.4 Å². The van der Waals surface area contributed by atoms with E-state index in [0.29, 0.717) is 4.47 Å². The molecule has 8 heteroatoms. The molecule has 0 radical (unpaired) electrons. The summed E-state index contributed by atoms with van der Waals surface area (Å²) in [6.07, 6.45) is -0.0957. The number of sulfone groups is 1. The molecule has 21 heavy (non-hydrogen) atoms. The molecule has 1 amide bonds. The van der Waals surface area contributed by atoms with E-state index in [1.807, 2.05) is 0 Å². The first kappa shape index (κ1) is 16.4. The molecular formula is C13H14BrF2NO3S. The summed E-state index contributed by atoms with van der Waals surface area (Å²) in [5.74, 6) is -4.53. The lowest BCUT2D eigenvalue weighted by Crippen LogP contribution is -2.47. The standard InChI is InChI=1S/C13H14BrF2NO3S/c14-10-4-1-2-5-11(10)21(19,20)8-12(18)17-7-3-6-13(15,16)9-17/h1-2,4-5H,3,6-9H2. The van der Waals surface area contributed by atoms with Gasteiger partial charge in [0.1, 0.15) is 5.75 Å². The Bertz CT molecular complexity index is 649. The highest BCUT2D eigenvalue weighted by molar-refractivity contribution is 9.10. The number of benzene rings is 1. The summed E-state index contributed by atoms with van der Waals surface area (Å²) >= 11 is 3.11. The fraction of sp³-hybridized carbons (Fsp3) is 0.462. The molecule has 1 saturated heterocycles. The van der Waals surface area contributed by atoms with E-state index in [-0.39, 0.29) is 24.3 Å². The smallest absolute Gasteiger partial charge is 0.265 e.